The van der Waals surface area contributed by atoms with Gasteiger partial charge >= 0.3 is 20.1 Å². The summed E-state index contributed by atoms with van der Waals surface area (Å²) in [7, 11) is 0. The van der Waals surface area contributed by atoms with Crippen LogP contribution in [0.5, 0.6) is 0 Å². The molecule has 0 amide bonds. The van der Waals surface area contributed by atoms with Crippen molar-refractivity contribution in [2.24, 2.45) is 5.41 Å². The number of rotatable bonds is 16. The van der Waals surface area contributed by atoms with Crippen molar-refractivity contribution in [3.8, 4) is 44.9 Å². The zero-order chi connectivity index (χ0) is 65.9. The summed E-state index contributed by atoms with van der Waals surface area (Å²) in [5, 5.41) is 0.798. The number of benzene rings is 6. The van der Waals surface area contributed by atoms with Crippen molar-refractivity contribution in [1.82, 2.24) is 15.0 Å². The minimum atomic E-state index is -3.50. The van der Waals surface area contributed by atoms with Crippen LogP contribution in [0.2, 0.25) is 0 Å². The number of furan rings is 1. The number of pyridine rings is 3. The van der Waals surface area contributed by atoms with Crippen molar-refractivity contribution in [3.63, 3.8) is 0 Å². The normalized spacial score (nSPS) is 16.8. The van der Waals surface area contributed by atoms with Crippen LogP contribution >= 0.6 is 0 Å². The fourth-order valence-corrected chi connectivity index (χ4v) is 8.57. The molecule has 0 radical (unpaired) electrons. The molecule has 372 valence electrons. The minimum Gasteiger partial charge on any atom is -0.500 e. The number of hydrogen-bond acceptors (Lipinski definition) is 4. The first-order valence-corrected chi connectivity index (χ1v) is 23.9. The molecular weight excluding hydrogens is 1090 g/mol. The van der Waals surface area contributed by atoms with Crippen LogP contribution in [0.3, 0.4) is 0 Å². The van der Waals surface area contributed by atoms with E-state index in [0.717, 1.165) is 36.8 Å². The zero-order valence-corrected chi connectivity index (χ0v) is 44.3. The standard InChI is InChI=1S/C68H63FN3O.Ir/c1-44(2)59-38-62(49-18-11-8-12-19-49)70-42-53(59)30-27-47-34-46(35-48(36-47)28-31-54-43-71-63(39-60(54)45(3)4)50-20-13-9-14-21-50)26-29-52-41-72-64(37-55(52)40-68(5,6)7)58-25-17-24-56-57-32-33-61(69)65(67(57)73-66(56)58)51-22-15-10-16-23-51;/h8-18,20,22-24,32-39,41-45H,26-31,40H2,1-7H3;/q-3;+3/i26D2,27D2,28D2,29D2,30D2,31D2,33D,40D2,44D,45D;. The Morgan fingerprint density at radius 2 is 1.08 bits per heavy atom. The van der Waals surface area contributed by atoms with E-state index in [1.165, 1.54) is 58.0 Å². The molecular formula is C68H63FIrN3O. The molecule has 0 fully saturated rings. The molecule has 0 aliphatic heterocycles. The molecule has 0 saturated heterocycles. The van der Waals surface area contributed by atoms with Gasteiger partial charge in [0.2, 0.25) is 0 Å². The predicted octanol–water partition coefficient (Wildman–Crippen LogP) is 17.2. The van der Waals surface area contributed by atoms with Gasteiger partial charge in [-0.05, 0) is 147 Å². The number of aromatic nitrogens is 3. The molecule has 74 heavy (non-hydrogen) atoms. The summed E-state index contributed by atoms with van der Waals surface area (Å²) in [6.07, 6.45) is -19.5. The van der Waals surface area contributed by atoms with Crippen LogP contribution in [0.25, 0.3) is 66.8 Å². The van der Waals surface area contributed by atoms with Crippen molar-refractivity contribution < 1.29 is 52.2 Å². The Balaban J connectivity index is 0.00000980. The molecule has 10 aromatic rings. The van der Waals surface area contributed by atoms with Gasteiger partial charge in [-0.2, -0.15) is 0 Å². The first-order valence-electron chi connectivity index (χ1n) is 32.4. The second-order valence-corrected chi connectivity index (χ2v) is 19.1. The molecule has 0 unspecified atom stereocenters. The summed E-state index contributed by atoms with van der Waals surface area (Å²) in [6.45, 7) is 10.6. The van der Waals surface area contributed by atoms with Gasteiger partial charge in [0.1, 0.15) is 11.4 Å². The van der Waals surface area contributed by atoms with Crippen molar-refractivity contribution in [2.45, 2.75) is 105 Å². The summed E-state index contributed by atoms with van der Waals surface area (Å²) in [5.74, 6) is -4.06. The molecule has 0 bridgehead atoms. The van der Waals surface area contributed by atoms with Crippen molar-refractivity contribution in [3.05, 3.63) is 232 Å². The third-order valence-electron chi connectivity index (χ3n) is 12.0. The van der Waals surface area contributed by atoms with Crippen molar-refractivity contribution in [1.29, 1.82) is 0 Å². The summed E-state index contributed by atoms with van der Waals surface area (Å²) in [6, 6.07) is 42.1. The molecule has 0 saturated carbocycles. The third-order valence-corrected chi connectivity index (χ3v) is 12.0. The van der Waals surface area contributed by atoms with E-state index < -0.39 is 113 Å². The first-order chi connectivity index (χ1) is 41.7. The summed E-state index contributed by atoms with van der Waals surface area (Å²) in [4.78, 5) is 13.6. The number of fused-ring (bicyclic) bond motifs is 3. The second-order valence-electron chi connectivity index (χ2n) is 19.1. The molecule has 10 rings (SSSR count). The number of nitrogens with zero attached hydrogens (tertiary/aromatic N) is 3. The van der Waals surface area contributed by atoms with E-state index in [1.54, 1.807) is 106 Å². The molecule has 0 spiro atoms. The number of aryl methyl sites for hydroxylation is 6. The van der Waals surface area contributed by atoms with Gasteiger partial charge in [-0.15, -0.1) is 90.0 Å². The van der Waals surface area contributed by atoms with E-state index in [9.17, 15) is 21.9 Å². The molecule has 0 aliphatic carbocycles. The van der Waals surface area contributed by atoms with Gasteiger partial charge in [0.25, 0.3) is 0 Å². The maximum Gasteiger partial charge on any atom is 3.00 e. The Morgan fingerprint density at radius 3 is 1.61 bits per heavy atom. The van der Waals surface area contributed by atoms with Crippen LogP contribution in [-0.2, 0) is 64.7 Å². The summed E-state index contributed by atoms with van der Waals surface area (Å²) in [5.41, 5.74) is -3.23. The van der Waals surface area contributed by atoms with E-state index in [-0.39, 0.29) is 59.2 Å². The van der Waals surface area contributed by atoms with Gasteiger partial charge in [-0.1, -0.05) is 126 Å². The Kier molecular flexibility index (Phi) is 10.6. The van der Waals surface area contributed by atoms with Crippen LogP contribution in [0, 0.1) is 29.4 Å². The summed E-state index contributed by atoms with van der Waals surface area (Å²) >= 11 is 0. The zero-order valence-electron chi connectivity index (χ0n) is 58.9. The maximum atomic E-state index is 16.0. The number of halogens is 1. The average molecular weight is 1170 g/mol. The molecule has 0 aliphatic rings. The van der Waals surface area contributed by atoms with E-state index >= 15 is 4.39 Å². The van der Waals surface area contributed by atoms with Gasteiger partial charge in [-0.25, -0.2) is 4.39 Å². The minimum absolute atomic E-state index is 0. The van der Waals surface area contributed by atoms with Crippen LogP contribution in [-0.4, -0.2) is 15.0 Å². The fourth-order valence-electron chi connectivity index (χ4n) is 8.57. The van der Waals surface area contributed by atoms with Crippen molar-refractivity contribution in [2.75, 3.05) is 0 Å². The van der Waals surface area contributed by atoms with Crippen LogP contribution < -0.4 is 0 Å². The van der Waals surface area contributed by atoms with Crippen LogP contribution in [0.15, 0.2) is 163 Å². The van der Waals surface area contributed by atoms with Gasteiger partial charge in [0.05, 0.1) is 12.5 Å². The van der Waals surface area contributed by atoms with E-state index in [0.29, 0.717) is 38.9 Å². The molecule has 4 nitrogen and oxygen atoms in total. The van der Waals surface area contributed by atoms with E-state index in [1.807, 2.05) is 0 Å². The molecule has 6 heteroatoms. The Hall–Kier alpha value is -6.85. The smallest absolute Gasteiger partial charge is 0.500 e. The maximum absolute atomic E-state index is 16.0. The predicted molar refractivity (Wildman–Crippen MR) is 298 cm³/mol. The van der Waals surface area contributed by atoms with Crippen LogP contribution in [0.4, 0.5) is 4.39 Å². The fraction of sp³-hybridized carbons (Fsp3) is 0.250. The average Bonchev–Trinajstić information content (AvgIpc) is 1.55. The molecule has 4 aromatic heterocycles. The number of hydrogen-bond donors (Lipinski definition) is 0. The van der Waals surface area contributed by atoms with Gasteiger partial charge in [-0.3, -0.25) is 0 Å². The third kappa shape index (κ3) is 11.7. The summed E-state index contributed by atoms with van der Waals surface area (Å²) < 4.78 is 188. The Labute approximate surface area is 474 Å². The van der Waals surface area contributed by atoms with E-state index in [2.05, 4.69) is 33.2 Å². The topological polar surface area (TPSA) is 51.8 Å². The molecule has 6 aromatic carbocycles. The van der Waals surface area contributed by atoms with Crippen LogP contribution in [0.1, 0.15) is 134 Å². The molecule has 4 heterocycles. The first kappa shape index (κ1) is 34.6. The monoisotopic (exact) mass is 1170 g/mol. The SMILES string of the molecule is [2H]c1cc2c(oc3c(-c4cc(C([2H])([2H])C(C)(C)C)c(C([2H])([2H])C([2H])([2H])c5cc(C([2H])([2H])C([2H])([2H])c6cnc(-c7[c-]cccc7)cc6C([2H])(C)C)cc(C([2H])([2H])C([2H])([2H])c6cnc(-c7[c-]cccc7)cc6C([2H])(C)C)c5)cn4)[c-]ccc32)c(-c2ccccc2)c1F.[Ir+3]. The van der Waals surface area contributed by atoms with Gasteiger partial charge < -0.3 is 19.4 Å². The largest absolute Gasteiger partial charge is 3.00 e. The Morgan fingerprint density at radius 1 is 0.568 bits per heavy atom. The molecule has 0 atom stereocenters. The quantitative estimate of drug-likeness (QED) is 0.0905. The Bertz CT molecular complexity index is 4250. The second kappa shape index (κ2) is 22.7. The molecule has 0 N–H and O–H groups in total. The van der Waals surface area contributed by atoms with Gasteiger partial charge in [0, 0.05) is 45.9 Å². The van der Waals surface area contributed by atoms with E-state index in [4.69, 9.17) is 5.79 Å². The van der Waals surface area contributed by atoms with Crippen molar-refractivity contribution >= 4 is 21.9 Å². The van der Waals surface area contributed by atoms with Gasteiger partial charge in [0.15, 0.2) is 0 Å².